The second-order valence-corrected chi connectivity index (χ2v) is 6.43. The molecular weight excluding hydrogens is 330 g/mol. The summed E-state index contributed by atoms with van der Waals surface area (Å²) in [6.45, 7) is 0.990. The van der Waals surface area contributed by atoms with E-state index in [1.807, 2.05) is 41.8 Å². The maximum atomic E-state index is 12.7. The van der Waals surface area contributed by atoms with Gasteiger partial charge in [-0.2, -0.15) is 8.75 Å². The first-order valence-corrected chi connectivity index (χ1v) is 8.60. The van der Waals surface area contributed by atoms with E-state index < -0.39 is 0 Å². The molecule has 0 saturated heterocycles. The van der Waals surface area contributed by atoms with Gasteiger partial charge in [-0.15, -0.1) is 11.3 Å². The van der Waals surface area contributed by atoms with Crippen LogP contribution >= 0.6 is 23.1 Å². The van der Waals surface area contributed by atoms with E-state index in [0.29, 0.717) is 18.8 Å². The fraction of sp³-hybridized carbons (Fsp3) is 0.188. The number of ether oxygens (including phenoxy) is 1. The van der Waals surface area contributed by atoms with Crippen LogP contribution in [0.3, 0.4) is 0 Å². The van der Waals surface area contributed by atoms with Gasteiger partial charge >= 0.3 is 0 Å². The van der Waals surface area contributed by atoms with Crippen molar-refractivity contribution in [1.29, 1.82) is 0 Å². The fourth-order valence-electron chi connectivity index (χ4n) is 2.25. The van der Waals surface area contributed by atoms with E-state index in [-0.39, 0.29) is 5.91 Å². The minimum Gasteiger partial charge on any atom is -0.496 e. The molecular formula is C16H15N3O2S2. The van der Waals surface area contributed by atoms with Gasteiger partial charge in [0.15, 0.2) is 5.69 Å². The van der Waals surface area contributed by atoms with Crippen molar-refractivity contribution in [3.05, 3.63) is 64.1 Å². The van der Waals surface area contributed by atoms with Gasteiger partial charge in [-0.1, -0.05) is 24.3 Å². The van der Waals surface area contributed by atoms with Crippen LogP contribution < -0.4 is 4.74 Å². The average molecular weight is 345 g/mol. The lowest BCUT2D eigenvalue weighted by Gasteiger charge is -2.22. The second kappa shape index (κ2) is 7.34. The number of methoxy groups -OCH3 is 1. The SMILES string of the molecule is COc1ccccc1CN(Cc1cccs1)C(=O)c1cnsn1. The number of hydrogen-bond acceptors (Lipinski definition) is 6. The highest BCUT2D eigenvalue weighted by Gasteiger charge is 2.20. The van der Waals surface area contributed by atoms with Crippen molar-refractivity contribution >= 4 is 29.0 Å². The van der Waals surface area contributed by atoms with Crippen LogP contribution in [0.15, 0.2) is 48.0 Å². The molecule has 0 fully saturated rings. The monoisotopic (exact) mass is 345 g/mol. The van der Waals surface area contributed by atoms with Crippen LogP contribution in [0.4, 0.5) is 0 Å². The Labute approximate surface area is 142 Å². The minimum atomic E-state index is -0.127. The van der Waals surface area contributed by atoms with Gasteiger partial charge in [-0.25, -0.2) is 0 Å². The van der Waals surface area contributed by atoms with Crippen LogP contribution in [0.25, 0.3) is 0 Å². The third-order valence-corrected chi connectivity index (χ3v) is 4.69. The first kappa shape index (κ1) is 15.6. The molecule has 2 aromatic heterocycles. The Morgan fingerprint density at radius 3 is 2.78 bits per heavy atom. The molecule has 1 aromatic carbocycles. The summed E-state index contributed by atoms with van der Waals surface area (Å²) in [5.41, 5.74) is 1.34. The summed E-state index contributed by atoms with van der Waals surface area (Å²) in [5, 5.41) is 2.01. The molecule has 0 radical (unpaired) electrons. The summed E-state index contributed by atoms with van der Waals surface area (Å²) in [7, 11) is 1.63. The highest BCUT2D eigenvalue weighted by molar-refractivity contribution is 7.09. The molecule has 3 aromatic rings. The summed E-state index contributed by atoms with van der Waals surface area (Å²) in [4.78, 5) is 15.6. The summed E-state index contributed by atoms with van der Waals surface area (Å²) in [5.74, 6) is 0.644. The number of nitrogens with zero attached hydrogens (tertiary/aromatic N) is 3. The zero-order valence-corrected chi connectivity index (χ0v) is 14.1. The van der Waals surface area contributed by atoms with Crippen LogP contribution in [0.5, 0.6) is 5.75 Å². The fourth-order valence-corrected chi connectivity index (χ4v) is 3.38. The molecule has 0 spiro atoms. The van der Waals surface area contributed by atoms with Crippen molar-refractivity contribution in [1.82, 2.24) is 13.6 Å². The molecule has 0 aliphatic heterocycles. The maximum absolute atomic E-state index is 12.7. The van der Waals surface area contributed by atoms with Crippen LogP contribution in [0.1, 0.15) is 20.9 Å². The lowest BCUT2D eigenvalue weighted by atomic mass is 10.1. The highest BCUT2D eigenvalue weighted by atomic mass is 32.1. The normalized spacial score (nSPS) is 10.5. The van der Waals surface area contributed by atoms with Crippen molar-refractivity contribution in [2.45, 2.75) is 13.1 Å². The highest BCUT2D eigenvalue weighted by Crippen LogP contribution is 2.22. The number of benzene rings is 1. The summed E-state index contributed by atoms with van der Waals surface area (Å²) >= 11 is 2.67. The molecule has 2 heterocycles. The zero-order chi connectivity index (χ0) is 16.1. The second-order valence-electron chi connectivity index (χ2n) is 4.85. The smallest absolute Gasteiger partial charge is 0.275 e. The molecule has 5 nitrogen and oxygen atoms in total. The lowest BCUT2D eigenvalue weighted by Crippen LogP contribution is -2.30. The van der Waals surface area contributed by atoms with E-state index in [4.69, 9.17) is 4.74 Å². The van der Waals surface area contributed by atoms with Crippen molar-refractivity contribution in [2.24, 2.45) is 0 Å². The summed E-state index contributed by atoms with van der Waals surface area (Å²) in [6.07, 6.45) is 1.51. The quantitative estimate of drug-likeness (QED) is 0.687. The molecule has 0 atom stereocenters. The van der Waals surface area contributed by atoms with E-state index in [9.17, 15) is 4.79 Å². The summed E-state index contributed by atoms with van der Waals surface area (Å²) < 4.78 is 13.4. The molecule has 0 aliphatic carbocycles. The number of thiophene rings is 1. The van der Waals surface area contributed by atoms with E-state index >= 15 is 0 Å². The molecule has 23 heavy (non-hydrogen) atoms. The standard InChI is InChI=1S/C16H15N3O2S2/c1-21-15-7-3-2-5-12(15)10-19(11-13-6-4-8-22-13)16(20)14-9-17-23-18-14/h2-9H,10-11H2,1H3. The van der Waals surface area contributed by atoms with Gasteiger partial charge in [0.25, 0.3) is 5.91 Å². The molecule has 0 aliphatic rings. The summed E-state index contributed by atoms with van der Waals surface area (Å²) in [6, 6.07) is 11.7. The number of carbonyl (C=O) groups excluding carboxylic acids is 1. The molecule has 0 unspecified atom stereocenters. The van der Waals surface area contributed by atoms with Gasteiger partial charge in [0.1, 0.15) is 5.75 Å². The Kier molecular flexibility index (Phi) is 4.99. The third kappa shape index (κ3) is 3.75. The van der Waals surface area contributed by atoms with Crippen molar-refractivity contribution in [2.75, 3.05) is 7.11 Å². The Bertz CT molecular complexity index is 758. The van der Waals surface area contributed by atoms with Gasteiger partial charge in [0.2, 0.25) is 0 Å². The number of rotatable bonds is 6. The Morgan fingerprint density at radius 2 is 2.09 bits per heavy atom. The molecule has 7 heteroatoms. The lowest BCUT2D eigenvalue weighted by molar-refractivity contribution is 0.0725. The van der Waals surface area contributed by atoms with Crippen molar-refractivity contribution in [3.63, 3.8) is 0 Å². The Balaban J connectivity index is 1.87. The van der Waals surface area contributed by atoms with Crippen molar-refractivity contribution in [3.8, 4) is 5.75 Å². The van der Waals surface area contributed by atoms with Gasteiger partial charge in [0.05, 0.1) is 38.1 Å². The van der Waals surface area contributed by atoms with Crippen LogP contribution in [0, 0.1) is 0 Å². The number of aromatic nitrogens is 2. The first-order chi connectivity index (χ1) is 11.3. The predicted octanol–water partition coefficient (Wildman–Crippen LogP) is 3.45. The van der Waals surface area contributed by atoms with Crippen molar-refractivity contribution < 1.29 is 9.53 Å². The van der Waals surface area contributed by atoms with Gasteiger partial charge in [-0.05, 0) is 17.5 Å². The number of amides is 1. The van der Waals surface area contributed by atoms with Gasteiger partial charge in [0, 0.05) is 10.4 Å². The van der Waals surface area contributed by atoms with Crippen LogP contribution in [-0.2, 0) is 13.1 Å². The molecule has 0 bridgehead atoms. The first-order valence-electron chi connectivity index (χ1n) is 6.99. The van der Waals surface area contributed by atoms with E-state index in [0.717, 1.165) is 27.9 Å². The van der Waals surface area contributed by atoms with Crippen LogP contribution in [-0.4, -0.2) is 26.7 Å². The topological polar surface area (TPSA) is 55.3 Å². The number of carbonyl (C=O) groups is 1. The van der Waals surface area contributed by atoms with E-state index in [2.05, 4.69) is 8.75 Å². The number of para-hydroxylation sites is 1. The Morgan fingerprint density at radius 1 is 1.22 bits per heavy atom. The van der Waals surface area contributed by atoms with Gasteiger partial charge < -0.3 is 9.64 Å². The average Bonchev–Trinajstić information content (AvgIpc) is 3.27. The molecule has 0 N–H and O–H groups in total. The third-order valence-electron chi connectivity index (χ3n) is 3.35. The van der Waals surface area contributed by atoms with Gasteiger partial charge in [-0.3, -0.25) is 4.79 Å². The molecule has 3 rings (SSSR count). The molecule has 0 saturated carbocycles. The predicted molar refractivity (Wildman–Crippen MR) is 90.8 cm³/mol. The maximum Gasteiger partial charge on any atom is 0.275 e. The molecule has 1 amide bonds. The minimum absolute atomic E-state index is 0.127. The number of hydrogen-bond donors (Lipinski definition) is 0. The zero-order valence-electron chi connectivity index (χ0n) is 12.5. The van der Waals surface area contributed by atoms with E-state index in [1.165, 1.54) is 6.20 Å². The molecule has 118 valence electrons. The van der Waals surface area contributed by atoms with E-state index in [1.54, 1.807) is 23.3 Å². The Hall–Kier alpha value is -2.25. The van der Waals surface area contributed by atoms with Crippen LogP contribution in [0.2, 0.25) is 0 Å². The largest absolute Gasteiger partial charge is 0.496 e.